The zero-order chi connectivity index (χ0) is 70.9. The summed E-state index contributed by atoms with van der Waals surface area (Å²) in [4.78, 5) is 137. The van der Waals surface area contributed by atoms with Crippen LogP contribution in [0.2, 0.25) is 0 Å². The van der Waals surface area contributed by atoms with Crippen LogP contribution in [0.25, 0.3) is 33.5 Å². The molecule has 540 valence electrons. The first-order valence-corrected chi connectivity index (χ1v) is 35.7. The largest absolute Gasteiger partial charge is 0.472 e. The number of aromatic amines is 2. The molecule has 0 bridgehead atoms. The fourth-order valence-corrected chi connectivity index (χ4v) is 15.6. The van der Waals surface area contributed by atoms with E-state index in [-0.39, 0.29) is 75.7 Å². The molecule has 4 unspecified atom stereocenters. The minimum atomic E-state index is -5.52. The molecule has 48 nitrogen and oxygen atoms in total. The highest BCUT2D eigenvalue weighted by atomic mass is 31.2. The average molecular weight is 1490 g/mol. The van der Waals surface area contributed by atoms with Crippen LogP contribution >= 0.6 is 31.3 Å². The van der Waals surface area contributed by atoms with Crippen LogP contribution in [0.15, 0.2) is 69.0 Å². The van der Waals surface area contributed by atoms with Gasteiger partial charge in [0.05, 0.1) is 58.1 Å². The topological polar surface area (TPSA) is 680 Å². The van der Waals surface area contributed by atoms with Crippen LogP contribution in [-0.2, 0) is 78.1 Å². The Morgan fingerprint density at radius 3 is 1.22 bits per heavy atom. The standard InChI is InChI=1S/C48H61N21O27P4/c49-29-1-3-65(47(74)59-29)32-6-20(24(10-70)88-32)93-98(78,79)85-13-27-22(8-34(91-27)68-17-57-37-41(68)61-45(52)63-43(37)72)96-100(82,83)87-14-28-23(9-35(92-28)69-18-58-38-42(69)62-46(53)64-44(38)73)95-99(80,81)86-12-26-21(7-33(90-26)66-4-2-30(50)60-48(66)75)94-97(76,77)84-11-25-19(71)5-31(89-25)67-16-56-36-39(51)54-15-55-40(36)67/h1-4,15-28,31-35,70-71H,5-14H2,(H,76,77)(H,78,79)(H,80,81)(H,82,83)(H2,49,59,74)(H2,50,60,75)(H2,51,54,55)(H3,52,61,63,72)(H3,53,62,64,73)/t19-,20-,21-,22-,23-,24+,25+,26+,27+,28+,31+,32+,33+,34+,35+/m0/s1. The van der Waals surface area contributed by atoms with E-state index in [1.807, 2.05) is 0 Å². The lowest BCUT2D eigenvalue weighted by Crippen LogP contribution is -2.32. The van der Waals surface area contributed by atoms with Gasteiger partial charge in [-0.3, -0.25) is 78.6 Å². The molecule has 0 aliphatic carbocycles. The molecule has 5 fully saturated rings. The predicted octanol–water partition coefficient (Wildman–Crippen LogP) is -2.68. The number of phosphoric ester groups is 4. The Bertz CT molecular complexity index is 4850. The highest BCUT2D eigenvalue weighted by Crippen LogP contribution is 2.55. The summed E-state index contributed by atoms with van der Waals surface area (Å²) in [5.41, 5.74) is 25.4. The Morgan fingerprint density at radius 2 is 0.810 bits per heavy atom. The zero-order valence-electron chi connectivity index (χ0n) is 51.0. The first-order chi connectivity index (χ1) is 47.4. The number of imidazole rings is 3. The number of nitrogens with zero attached hydrogens (tertiary/aromatic N) is 14. The van der Waals surface area contributed by atoms with Gasteiger partial charge in [0.1, 0.15) is 110 Å². The summed E-state index contributed by atoms with van der Waals surface area (Å²) in [5, 5.41) is 21.0. The Hall–Kier alpha value is -7.83. The number of aliphatic hydroxyl groups excluding tert-OH is 2. The second-order valence-electron chi connectivity index (χ2n) is 22.9. The summed E-state index contributed by atoms with van der Waals surface area (Å²) in [5.74, 6) is -0.902. The number of hydrogen-bond acceptors (Lipinski definition) is 37. The van der Waals surface area contributed by atoms with Crippen LogP contribution in [0, 0.1) is 0 Å². The molecule has 100 heavy (non-hydrogen) atoms. The van der Waals surface area contributed by atoms with Crippen molar-refractivity contribution in [2.75, 3.05) is 61.7 Å². The second-order valence-corrected chi connectivity index (χ2v) is 28.5. The third-order valence-electron chi connectivity index (χ3n) is 16.3. The van der Waals surface area contributed by atoms with Gasteiger partial charge in [-0.15, -0.1) is 0 Å². The number of aliphatic hydroxyl groups is 2. The number of nitrogens with one attached hydrogen (secondary N) is 2. The van der Waals surface area contributed by atoms with Crippen LogP contribution < -0.4 is 51.2 Å². The van der Waals surface area contributed by atoms with Crippen molar-refractivity contribution in [3.63, 3.8) is 0 Å². The predicted molar refractivity (Wildman–Crippen MR) is 329 cm³/mol. The smallest absolute Gasteiger partial charge is 0.394 e. The summed E-state index contributed by atoms with van der Waals surface area (Å²) < 4.78 is 136. The quantitative estimate of drug-likeness (QED) is 0.0246. The number of ether oxygens (including phenoxy) is 5. The molecule has 13 rings (SSSR count). The van der Waals surface area contributed by atoms with E-state index in [0.29, 0.717) is 0 Å². The van der Waals surface area contributed by atoms with E-state index < -0.39 is 198 Å². The van der Waals surface area contributed by atoms with Gasteiger partial charge >= 0.3 is 42.7 Å². The molecule has 0 radical (unpaired) electrons. The van der Waals surface area contributed by atoms with Crippen LogP contribution in [0.5, 0.6) is 0 Å². The second kappa shape index (κ2) is 27.8. The molecule has 0 spiro atoms. The van der Waals surface area contributed by atoms with Crippen LogP contribution in [0.1, 0.15) is 63.2 Å². The molecular weight excluding hydrogens is 1430 g/mol. The minimum Gasteiger partial charge on any atom is -0.394 e. The number of rotatable bonds is 26. The first kappa shape index (κ1) is 70.6. The molecule has 0 aromatic carbocycles. The summed E-state index contributed by atoms with van der Waals surface area (Å²) in [6.45, 7) is -4.55. The van der Waals surface area contributed by atoms with E-state index in [2.05, 4.69) is 54.8 Å². The van der Waals surface area contributed by atoms with Crippen molar-refractivity contribution >= 4 is 94.1 Å². The number of anilines is 5. The Morgan fingerprint density at radius 1 is 0.460 bits per heavy atom. The molecule has 13 heterocycles. The normalized spacial score (nSPS) is 29.6. The Labute approximate surface area is 555 Å². The fourth-order valence-electron chi connectivity index (χ4n) is 11.7. The minimum absolute atomic E-state index is 0.0525. The van der Waals surface area contributed by atoms with Gasteiger partial charge in [-0.05, 0) is 12.1 Å². The lowest BCUT2D eigenvalue weighted by molar-refractivity contribution is -0.0638. The molecule has 5 saturated heterocycles. The molecule has 18 N–H and O–H groups in total. The molecule has 5 aliphatic rings. The van der Waals surface area contributed by atoms with Gasteiger partial charge in [0.25, 0.3) is 11.1 Å². The van der Waals surface area contributed by atoms with Gasteiger partial charge in [0.2, 0.25) is 11.9 Å². The van der Waals surface area contributed by atoms with Gasteiger partial charge < -0.3 is 82.1 Å². The summed E-state index contributed by atoms with van der Waals surface area (Å²) in [6, 6.07) is 2.53. The van der Waals surface area contributed by atoms with Crippen LogP contribution in [-0.4, -0.2) is 202 Å². The highest BCUT2D eigenvalue weighted by Gasteiger charge is 2.50. The Kier molecular flexibility index (Phi) is 19.7. The number of nitrogens with two attached hydrogens (primary N) is 5. The maximum Gasteiger partial charge on any atom is 0.472 e. The number of hydrogen-bond donors (Lipinski definition) is 13. The monoisotopic (exact) mass is 1490 g/mol. The van der Waals surface area contributed by atoms with E-state index in [4.69, 9.17) is 88.5 Å². The SMILES string of the molecule is Nc1ccn([C@H]2C[C@H](OP(=O)(O)OC[C@H]3O[C@@H](n4cnc5c(=O)[nH]c(N)nc54)C[C@@H]3OP(=O)(O)OC[C@H]3O[C@@H](n4cnc5c(=O)[nH]c(N)nc54)C[C@@H]3OP(=O)(O)OC[C@H]3O[C@@H](n4ccc(N)nc4=O)C[C@@H]3OP(=O)(O)OC[C@H]3O[C@@H](n4cnc5c(N)ncnc54)C[C@@H]3O)[C@@H](CO)O2)c(=O)n1. The Balaban J connectivity index is 0.706. The van der Waals surface area contributed by atoms with Crippen LogP contribution in [0.3, 0.4) is 0 Å². The number of fused-ring (bicyclic) bond motifs is 3. The molecule has 19 atom stereocenters. The van der Waals surface area contributed by atoms with Crippen LogP contribution in [0.4, 0.5) is 29.4 Å². The summed E-state index contributed by atoms with van der Waals surface area (Å²) >= 11 is 0. The lowest BCUT2D eigenvalue weighted by atomic mass is 10.2. The van der Waals surface area contributed by atoms with Gasteiger partial charge in [-0.2, -0.15) is 19.9 Å². The van der Waals surface area contributed by atoms with E-state index in [0.717, 1.165) is 21.8 Å². The fraction of sp³-hybridized carbons (Fsp3) is 0.521. The third kappa shape index (κ3) is 15.2. The lowest BCUT2D eigenvalue weighted by Gasteiger charge is -2.25. The maximum atomic E-state index is 14.3. The molecular formula is C48H61N21O27P4. The van der Waals surface area contributed by atoms with E-state index >= 15 is 0 Å². The maximum absolute atomic E-state index is 14.3. The van der Waals surface area contributed by atoms with Gasteiger partial charge in [0, 0.05) is 44.5 Å². The number of H-pyrrole nitrogens is 2. The summed E-state index contributed by atoms with van der Waals surface area (Å²) in [7, 11) is -21.5. The van der Waals surface area contributed by atoms with Crippen molar-refractivity contribution in [3.05, 3.63) is 91.5 Å². The highest BCUT2D eigenvalue weighted by molar-refractivity contribution is 7.48. The number of phosphoric acid groups is 4. The van der Waals surface area contributed by atoms with Crippen molar-refractivity contribution in [3.8, 4) is 0 Å². The van der Waals surface area contributed by atoms with Gasteiger partial charge in [-0.25, -0.2) is 52.8 Å². The third-order valence-corrected chi connectivity index (χ3v) is 20.4. The summed E-state index contributed by atoms with van der Waals surface area (Å²) in [6.07, 6.45) is -15.8. The molecule has 0 amide bonds. The zero-order valence-corrected chi connectivity index (χ0v) is 54.6. The van der Waals surface area contributed by atoms with Crippen molar-refractivity contribution in [2.24, 2.45) is 0 Å². The van der Waals surface area contributed by atoms with Gasteiger partial charge in [-0.1, -0.05) is 0 Å². The molecule has 0 saturated carbocycles. The van der Waals surface area contributed by atoms with Gasteiger partial charge in [0.15, 0.2) is 33.8 Å². The van der Waals surface area contributed by atoms with E-state index in [9.17, 15) is 67.2 Å². The molecule has 52 heteroatoms. The first-order valence-electron chi connectivity index (χ1n) is 29.7. The van der Waals surface area contributed by atoms with E-state index in [1.165, 1.54) is 50.9 Å². The number of aromatic nitrogens is 16. The molecule has 5 aliphatic heterocycles. The number of nitrogen functional groups attached to an aromatic ring is 5. The average Bonchev–Trinajstić information content (AvgIpc) is 1.64. The van der Waals surface area contributed by atoms with Crippen molar-refractivity contribution in [1.29, 1.82) is 0 Å². The van der Waals surface area contributed by atoms with Crippen molar-refractivity contribution < 1.29 is 108 Å². The van der Waals surface area contributed by atoms with E-state index in [1.54, 1.807) is 0 Å². The van der Waals surface area contributed by atoms with Crippen molar-refractivity contribution in [2.45, 2.75) is 124 Å². The molecule has 8 aromatic heterocycles. The molecule has 8 aromatic rings. The van der Waals surface area contributed by atoms with Crippen molar-refractivity contribution in [1.82, 2.24) is 77.7 Å².